The van der Waals surface area contributed by atoms with Gasteiger partial charge in [-0.3, -0.25) is 9.59 Å². The van der Waals surface area contributed by atoms with Crippen LogP contribution in [-0.2, 0) is 14.3 Å². The molecule has 0 bridgehead atoms. The number of methoxy groups -OCH3 is 1. The lowest BCUT2D eigenvalue weighted by Crippen LogP contribution is -2.54. The molecule has 0 radical (unpaired) electrons. The van der Waals surface area contributed by atoms with Gasteiger partial charge in [0.15, 0.2) is 0 Å². The van der Waals surface area contributed by atoms with Crippen LogP contribution >= 0.6 is 0 Å². The van der Waals surface area contributed by atoms with Gasteiger partial charge in [0.2, 0.25) is 5.91 Å². The predicted molar refractivity (Wildman–Crippen MR) is 147 cm³/mol. The van der Waals surface area contributed by atoms with E-state index in [9.17, 15) is 19.5 Å². The lowest BCUT2D eigenvalue weighted by atomic mass is 10.0. The maximum Gasteiger partial charge on any atom is 0.408 e. The molecule has 0 fully saturated rings. The number of carbonyl (C=O) groups is 3. The summed E-state index contributed by atoms with van der Waals surface area (Å²) in [6, 6.07) is 13.6. The number of hydrogen-bond acceptors (Lipinski definition) is 6. The summed E-state index contributed by atoms with van der Waals surface area (Å²) < 4.78 is 10.5. The summed E-state index contributed by atoms with van der Waals surface area (Å²) in [4.78, 5) is 41.4. The number of aliphatic hydroxyl groups is 1. The Kier molecular flexibility index (Phi) is 12.1. The van der Waals surface area contributed by atoms with Crippen molar-refractivity contribution in [3.63, 3.8) is 0 Å². The van der Waals surface area contributed by atoms with E-state index < -0.39 is 42.2 Å². The molecule has 0 spiro atoms. The first-order chi connectivity index (χ1) is 18.1. The Morgan fingerprint density at radius 3 is 2.18 bits per heavy atom. The Hall–Kier alpha value is -3.59. The molecular weight excluding hydrogens is 486 g/mol. The first-order valence-electron chi connectivity index (χ1n) is 13.0. The van der Waals surface area contributed by atoms with Crippen LogP contribution in [0.4, 0.5) is 10.5 Å². The summed E-state index contributed by atoms with van der Waals surface area (Å²) in [6.07, 6.45) is 2.69. The summed E-state index contributed by atoms with van der Waals surface area (Å²) in [7, 11) is 1.56. The van der Waals surface area contributed by atoms with Gasteiger partial charge in [-0.1, -0.05) is 56.5 Å². The molecule has 2 aromatic rings. The van der Waals surface area contributed by atoms with Gasteiger partial charge in [-0.05, 0) is 57.0 Å². The highest BCUT2D eigenvalue weighted by Crippen LogP contribution is 2.26. The minimum Gasteiger partial charge on any atom is -0.497 e. The molecule has 0 aromatic heterocycles. The number of benzene rings is 2. The van der Waals surface area contributed by atoms with Gasteiger partial charge in [0, 0.05) is 12.2 Å². The number of alkyl carbamates (subject to hydrolysis) is 1. The van der Waals surface area contributed by atoms with Gasteiger partial charge < -0.3 is 30.1 Å². The summed E-state index contributed by atoms with van der Waals surface area (Å²) in [6.45, 7) is 6.82. The van der Waals surface area contributed by atoms with Crippen LogP contribution in [0.3, 0.4) is 0 Å². The largest absolute Gasteiger partial charge is 0.497 e. The van der Waals surface area contributed by atoms with Crippen molar-refractivity contribution >= 4 is 23.6 Å². The third kappa shape index (κ3) is 9.70. The fraction of sp³-hybridized carbons (Fsp3) is 0.483. The number of ether oxygens (including phenoxy) is 2. The second-order valence-electron chi connectivity index (χ2n) is 10.0. The van der Waals surface area contributed by atoms with Crippen LogP contribution in [0.15, 0.2) is 54.6 Å². The van der Waals surface area contributed by atoms with Crippen LogP contribution in [0, 0.1) is 0 Å². The van der Waals surface area contributed by atoms with E-state index in [0.29, 0.717) is 23.4 Å². The van der Waals surface area contributed by atoms with E-state index >= 15 is 0 Å². The molecule has 0 heterocycles. The molecule has 2 atom stereocenters. The molecule has 0 aliphatic rings. The average molecular weight is 528 g/mol. The molecule has 0 aliphatic heterocycles. The minimum absolute atomic E-state index is 0.265. The second kappa shape index (κ2) is 15.0. The molecule has 208 valence electrons. The highest BCUT2D eigenvalue weighted by molar-refractivity contribution is 5.99. The van der Waals surface area contributed by atoms with Crippen molar-refractivity contribution in [3.8, 4) is 5.75 Å². The van der Waals surface area contributed by atoms with Crippen molar-refractivity contribution in [3.05, 3.63) is 60.2 Å². The lowest BCUT2D eigenvalue weighted by molar-refractivity contribution is -0.141. The van der Waals surface area contributed by atoms with Crippen molar-refractivity contribution in [1.82, 2.24) is 10.2 Å². The number of aliphatic hydroxyl groups excluding tert-OH is 1. The van der Waals surface area contributed by atoms with Crippen molar-refractivity contribution in [2.75, 3.05) is 25.6 Å². The van der Waals surface area contributed by atoms with Crippen LogP contribution < -0.4 is 15.4 Å². The molecule has 2 aromatic carbocycles. The first kappa shape index (κ1) is 30.6. The SMILES string of the molecule is CCCCCCN(C(=O)C(CO)NC(=O)OC(C)(C)C)C(C(=O)Nc1ccc(OC)cc1)c1ccccc1. The van der Waals surface area contributed by atoms with E-state index in [0.717, 1.165) is 19.3 Å². The number of amides is 3. The summed E-state index contributed by atoms with van der Waals surface area (Å²) in [5, 5.41) is 15.4. The van der Waals surface area contributed by atoms with E-state index in [1.165, 1.54) is 4.90 Å². The molecule has 0 saturated carbocycles. The highest BCUT2D eigenvalue weighted by Gasteiger charge is 2.36. The standard InChI is InChI=1S/C29H41N3O6/c1-6-7-8-12-19-32(27(35)24(20-33)31-28(36)38-29(2,3)4)25(21-13-10-9-11-14-21)26(34)30-22-15-17-23(37-5)18-16-22/h9-11,13-18,24-25,33H,6-8,12,19-20H2,1-5H3,(H,30,34)(H,31,36). The summed E-state index contributed by atoms with van der Waals surface area (Å²) in [5.41, 5.74) is 0.370. The number of rotatable bonds is 13. The van der Waals surface area contributed by atoms with Crippen molar-refractivity contribution < 1.29 is 29.0 Å². The Bertz CT molecular complexity index is 1020. The lowest BCUT2D eigenvalue weighted by Gasteiger charge is -2.34. The van der Waals surface area contributed by atoms with E-state index in [1.54, 1.807) is 76.4 Å². The van der Waals surface area contributed by atoms with E-state index in [2.05, 4.69) is 17.6 Å². The summed E-state index contributed by atoms with van der Waals surface area (Å²) in [5.74, 6) is -0.345. The van der Waals surface area contributed by atoms with Gasteiger partial charge in [0.25, 0.3) is 5.91 Å². The average Bonchev–Trinajstić information content (AvgIpc) is 2.88. The molecule has 3 amide bonds. The fourth-order valence-electron chi connectivity index (χ4n) is 3.90. The number of anilines is 1. The molecule has 2 rings (SSSR count). The highest BCUT2D eigenvalue weighted by atomic mass is 16.6. The number of hydrogen-bond donors (Lipinski definition) is 3. The Morgan fingerprint density at radius 1 is 0.974 bits per heavy atom. The smallest absolute Gasteiger partial charge is 0.408 e. The maximum atomic E-state index is 13.8. The van der Waals surface area contributed by atoms with Crippen LogP contribution in [0.25, 0.3) is 0 Å². The molecule has 9 nitrogen and oxygen atoms in total. The number of unbranched alkanes of at least 4 members (excludes halogenated alkanes) is 3. The van der Waals surface area contributed by atoms with Crippen LogP contribution in [0.1, 0.15) is 65.0 Å². The van der Waals surface area contributed by atoms with Gasteiger partial charge in [-0.25, -0.2) is 4.79 Å². The van der Waals surface area contributed by atoms with Gasteiger partial charge in [0.1, 0.15) is 23.4 Å². The van der Waals surface area contributed by atoms with Crippen LogP contribution in [-0.4, -0.2) is 59.8 Å². The normalized spacial score (nSPS) is 12.7. The monoisotopic (exact) mass is 527 g/mol. The maximum absolute atomic E-state index is 13.8. The van der Waals surface area contributed by atoms with E-state index in [4.69, 9.17) is 9.47 Å². The molecule has 0 aliphatic carbocycles. The zero-order valence-corrected chi connectivity index (χ0v) is 23.0. The number of nitrogens with zero attached hydrogens (tertiary/aromatic N) is 1. The Labute approximate surface area is 225 Å². The van der Waals surface area contributed by atoms with Gasteiger partial charge in [0.05, 0.1) is 13.7 Å². The minimum atomic E-state index is -1.28. The number of carbonyl (C=O) groups excluding carboxylic acids is 3. The molecular formula is C29H41N3O6. The van der Waals surface area contributed by atoms with Crippen LogP contribution in [0.5, 0.6) is 5.75 Å². The first-order valence-corrected chi connectivity index (χ1v) is 13.0. The van der Waals surface area contributed by atoms with Gasteiger partial charge in [-0.15, -0.1) is 0 Å². The summed E-state index contributed by atoms with van der Waals surface area (Å²) >= 11 is 0. The predicted octanol–water partition coefficient (Wildman–Crippen LogP) is 4.67. The third-order valence-electron chi connectivity index (χ3n) is 5.74. The van der Waals surface area contributed by atoms with Gasteiger partial charge in [-0.2, -0.15) is 0 Å². The molecule has 9 heteroatoms. The van der Waals surface area contributed by atoms with E-state index in [-0.39, 0.29) is 6.54 Å². The van der Waals surface area contributed by atoms with E-state index in [1.807, 2.05) is 6.07 Å². The molecule has 3 N–H and O–H groups in total. The zero-order chi connectivity index (χ0) is 28.1. The Morgan fingerprint density at radius 2 is 1.63 bits per heavy atom. The third-order valence-corrected chi connectivity index (χ3v) is 5.74. The van der Waals surface area contributed by atoms with Crippen molar-refractivity contribution in [2.24, 2.45) is 0 Å². The quantitative estimate of drug-likeness (QED) is 0.326. The molecule has 38 heavy (non-hydrogen) atoms. The molecule has 2 unspecified atom stereocenters. The van der Waals surface area contributed by atoms with Crippen molar-refractivity contribution in [1.29, 1.82) is 0 Å². The van der Waals surface area contributed by atoms with Gasteiger partial charge >= 0.3 is 6.09 Å². The second-order valence-corrected chi connectivity index (χ2v) is 10.0. The number of nitrogens with one attached hydrogen (secondary N) is 2. The van der Waals surface area contributed by atoms with Crippen LogP contribution in [0.2, 0.25) is 0 Å². The molecule has 0 saturated heterocycles. The Balaban J connectivity index is 2.41. The van der Waals surface area contributed by atoms with Crippen molar-refractivity contribution in [2.45, 2.75) is 71.1 Å². The zero-order valence-electron chi connectivity index (χ0n) is 23.0. The fourth-order valence-corrected chi connectivity index (χ4v) is 3.90. The topological polar surface area (TPSA) is 117 Å².